The Hall–Kier alpha value is -2.91. The van der Waals surface area contributed by atoms with Crippen molar-refractivity contribution in [3.05, 3.63) is 65.9 Å². The summed E-state index contributed by atoms with van der Waals surface area (Å²) in [6, 6.07) is 12.7. The van der Waals surface area contributed by atoms with Gasteiger partial charge < -0.3 is 13.9 Å². The SMILES string of the molecule is COc1ccc(OC)c(S(=O)(=O)NC(c2ccccc2)c2nnc(C)o2)c1. The predicted octanol–water partition coefficient (Wildman–Crippen LogP) is 2.46. The third-order valence-electron chi connectivity index (χ3n) is 3.85. The van der Waals surface area contributed by atoms with Crippen molar-refractivity contribution in [1.82, 2.24) is 14.9 Å². The van der Waals surface area contributed by atoms with E-state index in [1.165, 1.54) is 26.4 Å². The van der Waals surface area contributed by atoms with Gasteiger partial charge in [0.05, 0.1) is 14.2 Å². The van der Waals surface area contributed by atoms with Gasteiger partial charge in [0.1, 0.15) is 22.4 Å². The van der Waals surface area contributed by atoms with E-state index in [2.05, 4.69) is 14.9 Å². The van der Waals surface area contributed by atoms with E-state index in [9.17, 15) is 8.42 Å². The minimum Gasteiger partial charge on any atom is -0.497 e. The molecule has 0 aliphatic heterocycles. The van der Waals surface area contributed by atoms with Gasteiger partial charge in [-0.05, 0) is 17.7 Å². The molecule has 0 fully saturated rings. The van der Waals surface area contributed by atoms with Gasteiger partial charge in [-0.2, -0.15) is 4.72 Å². The van der Waals surface area contributed by atoms with Gasteiger partial charge in [0, 0.05) is 13.0 Å². The summed E-state index contributed by atoms with van der Waals surface area (Å²) >= 11 is 0. The molecule has 1 unspecified atom stereocenters. The fraction of sp³-hybridized carbons (Fsp3) is 0.222. The van der Waals surface area contributed by atoms with Crippen molar-refractivity contribution in [1.29, 1.82) is 0 Å². The van der Waals surface area contributed by atoms with Gasteiger partial charge in [0.25, 0.3) is 0 Å². The Morgan fingerprint density at radius 2 is 1.78 bits per heavy atom. The van der Waals surface area contributed by atoms with Crippen LogP contribution in [0.3, 0.4) is 0 Å². The van der Waals surface area contributed by atoms with E-state index < -0.39 is 16.1 Å². The first-order valence-electron chi connectivity index (χ1n) is 8.04. The molecule has 2 aromatic carbocycles. The highest BCUT2D eigenvalue weighted by Crippen LogP contribution is 2.30. The van der Waals surface area contributed by atoms with Gasteiger partial charge in [-0.1, -0.05) is 30.3 Å². The summed E-state index contributed by atoms with van der Waals surface area (Å²) in [7, 11) is -1.15. The van der Waals surface area contributed by atoms with Crippen molar-refractivity contribution in [2.45, 2.75) is 17.9 Å². The number of benzene rings is 2. The molecule has 0 amide bonds. The van der Waals surface area contributed by atoms with E-state index in [1.54, 1.807) is 37.3 Å². The maximum Gasteiger partial charge on any atom is 0.245 e. The second-order valence-electron chi connectivity index (χ2n) is 5.64. The van der Waals surface area contributed by atoms with Crippen LogP contribution in [0.2, 0.25) is 0 Å². The van der Waals surface area contributed by atoms with E-state index in [0.717, 1.165) is 0 Å². The van der Waals surface area contributed by atoms with Crippen molar-refractivity contribution in [3.8, 4) is 11.5 Å². The highest BCUT2D eigenvalue weighted by Gasteiger charge is 2.29. The summed E-state index contributed by atoms with van der Waals surface area (Å²) in [4.78, 5) is -0.0541. The van der Waals surface area contributed by atoms with Crippen LogP contribution in [0.15, 0.2) is 57.8 Å². The Balaban J connectivity index is 2.05. The summed E-state index contributed by atoms with van der Waals surface area (Å²) in [5.41, 5.74) is 0.659. The smallest absolute Gasteiger partial charge is 0.245 e. The zero-order valence-corrected chi connectivity index (χ0v) is 15.9. The largest absolute Gasteiger partial charge is 0.497 e. The highest BCUT2D eigenvalue weighted by molar-refractivity contribution is 7.89. The van der Waals surface area contributed by atoms with Crippen LogP contribution in [0.5, 0.6) is 11.5 Å². The first-order chi connectivity index (χ1) is 12.9. The van der Waals surface area contributed by atoms with Crippen LogP contribution in [-0.4, -0.2) is 32.8 Å². The van der Waals surface area contributed by atoms with Crippen molar-refractivity contribution < 1.29 is 22.3 Å². The molecule has 0 saturated carbocycles. The lowest BCUT2D eigenvalue weighted by molar-refractivity contribution is 0.391. The third-order valence-corrected chi connectivity index (χ3v) is 5.30. The van der Waals surface area contributed by atoms with Crippen LogP contribution in [0.25, 0.3) is 0 Å². The van der Waals surface area contributed by atoms with Gasteiger partial charge >= 0.3 is 0 Å². The van der Waals surface area contributed by atoms with Gasteiger partial charge in [-0.15, -0.1) is 10.2 Å². The molecule has 27 heavy (non-hydrogen) atoms. The molecule has 1 aromatic heterocycles. The highest BCUT2D eigenvalue weighted by atomic mass is 32.2. The summed E-state index contributed by atoms with van der Waals surface area (Å²) in [5, 5.41) is 7.78. The topological polar surface area (TPSA) is 104 Å². The summed E-state index contributed by atoms with van der Waals surface area (Å²) < 4.78 is 44.7. The Morgan fingerprint density at radius 3 is 2.37 bits per heavy atom. The number of aryl methyl sites for hydroxylation is 1. The monoisotopic (exact) mass is 389 g/mol. The number of aromatic nitrogens is 2. The fourth-order valence-electron chi connectivity index (χ4n) is 2.55. The van der Waals surface area contributed by atoms with Crippen LogP contribution >= 0.6 is 0 Å². The molecule has 3 rings (SSSR count). The minimum atomic E-state index is -4.00. The predicted molar refractivity (Wildman–Crippen MR) is 97.2 cm³/mol. The average molecular weight is 389 g/mol. The zero-order chi connectivity index (χ0) is 19.4. The Bertz CT molecular complexity index is 1020. The van der Waals surface area contributed by atoms with Crippen LogP contribution in [0, 0.1) is 6.92 Å². The van der Waals surface area contributed by atoms with Crippen molar-refractivity contribution in [2.75, 3.05) is 14.2 Å². The quantitative estimate of drug-likeness (QED) is 0.662. The zero-order valence-electron chi connectivity index (χ0n) is 15.0. The molecular weight excluding hydrogens is 370 g/mol. The van der Waals surface area contributed by atoms with Crippen molar-refractivity contribution in [2.24, 2.45) is 0 Å². The van der Waals surface area contributed by atoms with Gasteiger partial charge in [-0.3, -0.25) is 0 Å². The lowest BCUT2D eigenvalue weighted by atomic mass is 10.1. The van der Waals surface area contributed by atoms with E-state index in [0.29, 0.717) is 17.2 Å². The van der Waals surface area contributed by atoms with Crippen molar-refractivity contribution >= 4 is 10.0 Å². The van der Waals surface area contributed by atoms with E-state index >= 15 is 0 Å². The molecule has 142 valence electrons. The number of sulfonamides is 1. The second kappa shape index (κ2) is 7.77. The number of hydrogen-bond acceptors (Lipinski definition) is 7. The second-order valence-corrected chi connectivity index (χ2v) is 7.32. The first kappa shape index (κ1) is 18.9. The van der Waals surface area contributed by atoms with Crippen molar-refractivity contribution in [3.63, 3.8) is 0 Å². The molecule has 9 heteroatoms. The number of hydrogen-bond donors (Lipinski definition) is 1. The molecule has 1 heterocycles. The molecule has 0 aliphatic carbocycles. The maximum atomic E-state index is 13.1. The van der Waals surface area contributed by atoms with Crippen LogP contribution in [0.1, 0.15) is 23.4 Å². The molecule has 1 atom stereocenters. The summed E-state index contributed by atoms with van der Waals surface area (Å²) in [6.07, 6.45) is 0. The molecule has 0 saturated heterocycles. The summed E-state index contributed by atoms with van der Waals surface area (Å²) in [6.45, 7) is 1.64. The normalized spacial score (nSPS) is 12.6. The van der Waals surface area contributed by atoms with E-state index in [1.807, 2.05) is 6.07 Å². The van der Waals surface area contributed by atoms with Gasteiger partial charge in [0.15, 0.2) is 0 Å². The van der Waals surface area contributed by atoms with Crippen LogP contribution < -0.4 is 14.2 Å². The molecule has 0 radical (unpaired) electrons. The lowest BCUT2D eigenvalue weighted by Gasteiger charge is -2.17. The molecule has 3 aromatic rings. The molecule has 0 aliphatic rings. The van der Waals surface area contributed by atoms with E-state index in [4.69, 9.17) is 13.9 Å². The Labute approximate surface area is 157 Å². The number of ether oxygens (including phenoxy) is 2. The molecular formula is C18H19N3O5S. The number of rotatable bonds is 7. The van der Waals surface area contributed by atoms with Crippen LogP contribution in [-0.2, 0) is 10.0 Å². The standard InChI is InChI=1S/C18H19N3O5S/c1-12-19-20-18(26-12)17(13-7-5-4-6-8-13)21-27(22,23)16-11-14(24-2)9-10-15(16)25-3/h4-11,17,21H,1-3H3. The first-order valence-corrected chi connectivity index (χ1v) is 9.52. The third kappa shape index (κ3) is 4.09. The van der Waals surface area contributed by atoms with E-state index in [-0.39, 0.29) is 16.5 Å². The number of nitrogens with one attached hydrogen (secondary N) is 1. The number of methoxy groups -OCH3 is 2. The summed E-state index contributed by atoms with van der Waals surface area (Å²) in [5.74, 6) is 1.06. The average Bonchev–Trinajstić information content (AvgIpc) is 3.12. The molecule has 8 nitrogen and oxygen atoms in total. The Kier molecular flexibility index (Phi) is 5.43. The lowest BCUT2D eigenvalue weighted by Crippen LogP contribution is -2.30. The molecule has 1 N–H and O–H groups in total. The van der Waals surface area contributed by atoms with Gasteiger partial charge in [-0.25, -0.2) is 8.42 Å². The minimum absolute atomic E-state index is 0.0541. The number of nitrogens with zero attached hydrogens (tertiary/aromatic N) is 2. The fourth-order valence-corrected chi connectivity index (χ4v) is 3.91. The molecule has 0 spiro atoms. The Morgan fingerprint density at radius 1 is 1.04 bits per heavy atom. The van der Waals surface area contributed by atoms with Crippen LogP contribution in [0.4, 0.5) is 0 Å². The van der Waals surface area contributed by atoms with Gasteiger partial charge in [0.2, 0.25) is 21.8 Å². The molecule has 0 bridgehead atoms. The maximum absolute atomic E-state index is 13.1.